The van der Waals surface area contributed by atoms with Crippen LogP contribution in [0.1, 0.15) is 54.7 Å². The third kappa shape index (κ3) is 3.82. The molecule has 4 rings (SSSR count). The largest absolute Gasteiger partial charge is 0.496 e. The number of nitrogens with one attached hydrogen (secondary N) is 2. The highest BCUT2D eigenvalue weighted by molar-refractivity contribution is 6.00. The van der Waals surface area contributed by atoms with Gasteiger partial charge in [0.1, 0.15) is 11.5 Å². The third-order valence-corrected chi connectivity index (χ3v) is 6.27. The van der Waals surface area contributed by atoms with Crippen LogP contribution in [0.15, 0.2) is 22.7 Å². The first kappa shape index (κ1) is 21.4. The van der Waals surface area contributed by atoms with Crippen molar-refractivity contribution in [3.05, 3.63) is 35.0 Å². The smallest absolute Gasteiger partial charge is 0.274 e. The number of ether oxygens (including phenoxy) is 2. The SMILES string of the molecule is CCNC(=O)c1noc(-c2cc(C(C)C)c(OC)cc2OC)c1C1=CC2CNCC2C1. The number of allylic oxidation sites excluding steroid dienone is 1. The molecule has 1 fully saturated rings. The van der Waals surface area contributed by atoms with Crippen LogP contribution in [-0.2, 0) is 0 Å². The topological polar surface area (TPSA) is 85.6 Å². The Morgan fingerprint density at radius 2 is 2.03 bits per heavy atom. The van der Waals surface area contributed by atoms with Crippen molar-refractivity contribution in [2.24, 2.45) is 11.8 Å². The van der Waals surface area contributed by atoms with Crippen molar-refractivity contribution < 1.29 is 18.8 Å². The molecule has 1 saturated heterocycles. The van der Waals surface area contributed by atoms with E-state index >= 15 is 0 Å². The minimum atomic E-state index is -0.222. The summed E-state index contributed by atoms with van der Waals surface area (Å²) in [5.74, 6) is 3.00. The van der Waals surface area contributed by atoms with E-state index in [-0.39, 0.29) is 11.8 Å². The third-order valence-electron chi connectivity index (χ3n) is 6.27. The lowest BCUT2D eigenvalue weighted by atomic mass is 9.93. The van der Waals surface area contributed by atoms with Gasteiger partial charge in [-0.05, 0) is 54.8 Å². The number of hydrogen-bond donors (Lipinski definition) is 2. The number of hydrogen-bond acceptors (Lipinski definition) is 6. The number of amides is 1. The highest BCUT2D eigenvalue weighted by Crippen LogP contribution is 2.46. The number of fused-ring (bicyclic) bond motifs is 1. The van der Waals surface area contributed by atoms with Gasteiger partial charge in [0.2, 0.25) is 0 Å². The molecule has 166 valence electrons. The fourth-order valence-electron chi connectivity index (χ4n) is 4.69. The monoisotopic (exact) mass is 425 g/mol. The molecule has 2 aromatic rings. The standard InChI is InChI=1S/C24H31N3O4/c1-6-26-24(28)22-21(14-7-15-11-25-12-16(15)8-14)23(31-27-22)18-9-17(13(2)3)19(29-4)10-20(18)30-5/h7,9-10,13,15-16,25H,6,8,11-12H2,1-5H3,(H,26,28). The van der Waals surface area contributed by atoms with Gasteiger partial charge in [0, 0.05) is 19.2 Å². The minimum Gasteiger partial charge on any atom is -0.496 e. The van der Waals surface area contributed by atoms with Crippen molar-refractivity contribution in [1.29, 1.82) is 0 Å². The number of aromatic nitrogens is 1. The van der Waals surface area contributed by atoms with Gasteiger partial charge < -0.3 is 24.6 Å². The first-order valence-electron chi connectivity index (χ1n) is 10.9. The molecule has 2 heterocycles. The highest BCUT2D eigenvalue weighted by atomic mass is 16.5. The number of carbonyl (C=O) groups is 1. The van der Waals surface area contributed by atoms with Crippen LogP contribution in [0.2, 0.25) is 0 Å². The van der Waals surface area contributed by atoms with Crippen LogP contribution in [0.25, 0.3) is 16.9 Å². The number of rotatable bonds is 7. The summed E-state index contributed by atoms with van der Waals surface area (Å²) in [7, 11) is 3.28. The van der Waals surface area contributed by atoms with Gasteiger partial charge in [0.05, 0.1) is 25.3 Å². The Morgan fingerprint density at radius 3 is 2.68 bits per heavy atom. The molecule has 2 aliphatic rings. The molecule has 1 aromatic heterocycles. The molecule has 1 aliphatic heterocycles. The average molecular weight is 426 g/mol. The lowest BCUT2D eigenvalue weighted by molar-refractivity contribution is 0.0946. The zero-order chi connectivity index (χ0) is 22.1. The van der Waals surface area contributed by atoms with Gasteiger partial charge in [-0.15, -0.1) is 0 Å². The second-order valence-corrected chi connectivity index (χ2v) is 8.52. The van der Waals surface area contributed by atoms with Crippen LogP contribution in [-0.4, -0.2) is 44.9 Å². The second-order valence-electron chi connectivity index (χ2n) is 8.52. The minimum absolute atomic E-state index is 0.222. The molecule has 0 bridgehead atoms. The first-order valence-corrected chi connectivity index (χ1v) is 10.9. The molecule has 1 aromatic carbocycles. The van der Waals surface area contributed by atoms with Crippen molar-refractivity contribution in [3.8, 4) is 22.8 Å². The molecule has 7 heteroatoms. The van der Waals surface area contributed by atoms with Crippen LogP contribution >= 0.6 is 0 Å². The molecular formula is C24H31N3O4. The van der Waals surface area contributed by atoms with Gasteiger partial charge in [0.15, 0.2) is 11.5 Å². The van der Waals surface area contributed by atoms with Gasteiger partial charge >= 0.3 is 0 Å². The summed E-state index contributed by atoms with van der Waals surface area (Å²) < 4.78 is 17.1. The summed E-state index contributed by atoms with van der Waals surface area (Å²) in [5.41, 5.74) is 4.05. The second kappa shape index (κ2) is 8.75. The number of methoxy groups -OCH3 is 2. The van der Waals surface area contributed by atoms with E-state index in [4.69, 9.17) is 14.0 Å². The number of benzene rings is 1. The summed E-state index contributed by atoms with van der Waals surface area (Å²) in [5, 5.41) is 10.5. The van der Waals surface area contributed by atoms with E-state index in [1.165, 1.54) is 0 Å². The fourth-order valence-corrected chi connectivity index (χ4v) is 4.69. The molecule has 0 saturated carbocycles. The Morgan fingerprint density at radius 1 is 1.26 bits per heavy atom. The number of carbonyl (C=O) groups excluding carboxylic acids is 1. The maximum absolute atomic E-state index is 12.8. The molecule has 1 amide bonds. The van der Waals surface area contributed by atoms with Gasteiger partial charge in [-0.3, -0.25) is 4.79 Å². The van der Waals surface area contributed by atoms with Crippen LogP contribution in [0.3, 0.4) is 0 Å². The molecule has 2 atom stereocenters. The van der Waals surface area contributed by atoms with E-state index in [1.54, 1.807) is 14.2 Å². The molecular weight excluding hydrogens is 394 g/mol. The van der Waals surface area contributed by atoms with Crippen molar-refractivity contribution in [2.45, 2.75) is 33.1 Å². The van der Waals surface area contributed by atoms with E-state index < -0.39 is 0 Å². The molecule has 2 N–H and O–H groups in total. The molecule has 31 heavy (non-hydrogen) atoms. The normalized spacial score (nSPS) is 20.0. The lowest BCUT2D eigenvalue weighted by Crippen LogP contribution is -2.24. The van der Waals surface area contributed by atoms with E-state index in [0.29, 0.717) is 35.6 Å². The molecule has 0 spiro atoms. The zero-order valence-electron chi connectivity index (χ0n) is 18.9. The summed E-state index contributed by atoms with van der Waals surface area (Å²) >= 11 is 0. The van der Waals surface area contributed by atoms with E-state index in [9.17, 15) is 4.79 Å². The predicted octanol–water partition coefficient (Wildman–Crippen LogP) is 3.85. The summed E-state index contributed by atoms with van der Waals surface area (Å²) in [6, 6.07) is 3.91. The highest BCUT2D eigenvalue weighted by Gasteiger charge is 2.36. The maximum Gasteiger partial charge on any atom is 0.274 e. The van der Waals surface area contributed by atoms with E-state index in [2.05, 4.69) is 35.7 Å². The Labute approximate surface area is 183 Å². The Balaban J connectivity index is 1.90. The Hall–Kier alpha value is -2.80. The Kier molecular flexibility index (Phi) is 6.05. The van der Waals surface area contributed by atoms with Crippen molar-refractivity contribution >= 4 is 11.5 Å². The van der Waals surface area contributed by atoms with Crippen LogP contribution < -0.4 is 20.1 Å². The Bertz CT molecular complexity index is 1010. The maximum atomic E-state index is 12.8. The zero-order valence-corrected chi connectivity index (χ0v) is 18.9. The van der Waals surface area contributed by atoms with Crippen molar-refractivity contribution in [2.75, 3.05) is 33.9 Å². The van der Waals surface area contributed by atoms with Crippen LogP contribution in [0.5, 0.6) is 11.5 Å². The van der Waals surface area contributed by atoms with Gasteiger partial charge in [-0.25, -0.2) is 0 Å². The molecule has 0 radical (unpaired) electrons. The van der Waals surface area contributed by atoms with E-state index in [1.807, 2.05) is 19.1 Å². The van der Waals surface area contributed by atoms with Gasteiger partial charge in [-0.2, -0.15) is 0 Å². The van der Waals surface area contributed by atoms with E-state index in [0.717, 1.165) is 47.5 Å². The van der Waals surface area contributed by atoms with Crippen molar-refractivity contribution in [1.82, 2.24) is 15.8 Å². The molecule has 2 unspecified atom stereocenters. The van der Waals surface area contributed by atoms with Gasteiger partial charge in [0.25, 0.3) is 5.91 Å². The van der Waals surface area contributed by atoms with Crippen molar-refractivity contribution in [3.63, 3.8) is 0 Å². The molecule has 1 aliphatic carbocycles. The summed E-state index contributed by atoms with van der Waals surface area (Å²) in [6.07, 6.45) is 3.18. The fraction of sp³-hybridized carbons (Fsp3) is 0.500. The summed E-state index contributed by atoms with van der Waals surface area (Å²) in [4.78, 5) is 12.8. The predicted molar refractivity (Wildman–Crippen MR) is 120 cm³/mol. The quantitative estimate of drug-likeness (QED) is 0.701. The summed E-state index contributed by atoms with van der Waals surface area (Å²) in [6.45, 7) is 8.61. The molecule has 7 nitrogen and oxygen atoms in total. The van der Waals surface area contributed by atoms with Gasteiger partial charge in [-0.1, -0.05) is 25.1 Å². The number of nitrogens with zero attached hydrogens (tertiary/aromatic N) is 1. The first-order chi connectivity index (χ1) is 15.0. The average Bonchev–Trinajstić information content (AvgIpc) is 3.46. The lowest BCUT2D eigenvalue weighted by Gasteiger charge is -2.17. The van der Waals surface area contributed by atoms with Crippen LogP contribution in [0.4, 0.5) is 0 Å². The van der Waals surface area contributed by atoms with Crippen LogP contribution in [0, 0.1) is 11.8 Å².